The molecule has 20 heavy (non-hydrogen) atoms. The number of H-pyrrole nitrogens is 1. The number of aromatic nitrogens is 2. The van der Waals surface area contributed by atoms with Crippen molar-refractivity contribution in [2.45, 2.75) is 18.9 Å². The SMILES string of the molecule is O=C(NCCc1ncc[nH]1)C1NCCc2ccccc21. The molecule has 1 aliphatic heterocycles. The zero-order valence-electron chi connectivity index (χ0n) is 11.2. The summed E-state index contributed by atoms with van der Waals surface area (Å²) in [5.74, 6) is 0.922. The number of aromatic amines is 1. The second-order valence-electron chi connectivity index (χ2n) is 4.91. The van der Waals surface area contributed by atoms with Crippen LogP contribution in [0.4, 0.5) is 0 Å². The molecule has 0 saturated heterocycles. The van der Waals surface area contributed by atoms with E-state index in [1.807, 2.05) is 18.2 Å². The zero-order chi connectivity index (χ0) is 13.8. The van der Waals surface area contributed by atoms with Crippen molar-refractivity contribution in [1.82, 2.24) is 20.6 Å². The van der Waals surface area contributed by atoms with Gasteiger partial charge in [0.2, 0.25) is 5.91 Å². The molecule has 2 aromatic rings. The van der Waals surface area contributed by atoms with Gasteiger partial charge in [0.15, 0.2) is 0 Å². The Kier molecular flexibility index (Phi) is 3.78. The van der Waals surface area contributed by atoms with E-state index in [9.17, 15) is 4.79 Å². The lowest BCUT2D eigenvalue weighted by molar-refractivity contribution is -0.123. The molecule has 1 unspecified atom stereocenters. The van der Waals surface area contributed by atoms with Crippen LogP contribution in [0.5, 0.6) is 0 Å². The van der Waals surface area contributed by atoms with Gasteiger partial charge in [-0.25, -0.2) is 4.98 Å². The molecule has 3 N–H and O–H groups in total. The first-order valence-corrected chi connectivity index (χ1v) is 6.92. The third-order valence-electron chi connectivity index (χ3n) is 3.59. The van der Waals surface area contributed by atoms with Crippen LogP contribution in [0.15, 0.2) is 36.7 Å². The minimum absolute atomic E-state index is 0.0312. The maximum absolute atomic E-state index is 12.3. The largest absolute Gasteiger partial charge is 0.354 e. The first kappa shape index (κ1) is 12.9. The van der Waals surface area contributed by atoms with Crippen LogP contribution in [-0.2, 0) is 17.6 Å². The average molecular weight is 270 g/mol. The highest BCUT2D eigenvalue weighted by atomic mass is 16.2. The maximum atomic E-state index is 12.3. The summed E-state index contributed by atoms with van der Waals surface area (Å²) in [4.78, 5) is 19.5. The van der Waals surface area contributed by atoms with Gasteiger partial charge in [0.05, 0.1) is 0 Å². The molecule has 0 radical (unpaired) electrons. The second kappa shape index (κ2) is 5.88. The molecule has 5 nitrogen and oxygen atoms in total. The molecule has 0 spiro atoms. The predicted molar refractivity (Wildman–Crippen MR) is 76.2 cm³/mol. The van der Waals surface area contributed by atoms with E-state index in [-0.39, 0.29) is 11.9 Å². The van der Waals surface area contributed by atoms with Gasteiger partial charge < -0.3 is 15.6 Å². The number of imidazole rings is 1. The molecule has 3 rings (SSSR count). The van der Waals surface area contributed by atoms with Crippen LogP contribution in [-0.4, -0.2) is 29.0 Å². The number of nitrogens with one attached hydrogen (secondary N) is 3. The van der Waals surface area contributed by atoms with Crippen molar-refractivity contribution >= 4 is 5.91 Å². The van der Waals surface area contributed by atoms with Gasteiger partial charge in [-0.3, -0.25) is 4.79 Å². The van der Waals surface area contributed by atoms with Crippen molar-refractivity contribution in [2.24, 2.45) is 0 Å². The third-order valence-corrected chi connectivity index (χ3v) is 3.59. The van der Waals surface area contributed by atoms with Crippen molar-refractivity contribution < 1.29 is 4.79 Å². The molecule has 0 aliphatic carbocycles. The van der Waals surface area contributed by atoms with E-state index >= 15 is 0 Å². The summed E-state index contributed by atoms with van der Waals surface area (Å²) in [5.41, 5.74) is 2.35. The Balaban J connectivity index is 1.60. The summed E-state index contributed by atoms with van der Waals surface area (Å²) in [6.07, 6.45) is 5.20. The zero-order valence-corrected chi connectivity index (χ0v) is 11.2. The van der Waals surface area contributed by atoms with Crippen molar-refractivity contribution in [2.75, 3.05) is 13.1 Å². The average Bonchev–Trinajstić information content (AvgIpc) is 3.00. The molecule has 1 aromatic carbocycles. The minimum atomic E-state index is -0.239. The number of nitrogens with zero attached hydrogens (tertiary/aromatic N) is 1. The number of carbonyl (C=O) groups excluding carboxylic acids is 1. The normalized spacial score (nSPS) is 17.5. The third kappa shape index (κ3) is 2.72. The van der Waals surface area contributed by atoms with Gasteiger partial charge in [0, 0.05) is 31.9 Å². The summed E-state index contributed by atoms with van der Waals surface area (Å²) >= 11 is 0. The number of amides is 1. The van der Waals surface area contributed by atoms with Crippen molar-refractivity contribution in [1.29, 1.82) is 0 Å². The molecule has 1 aliphatic rings. The van der Waals surface area contributed by atoms with E-state index in [4.69, 9.17) is 0 Å². The van der Waals surface area contributed by atoms with E-state index in [1.54, 1.807) is 12.4 Å². The van der Waals surface area contributed by atoms with E-state index in [0.717, 1.165) is 24.4 Å². The van der Waals surface area contributed by atoms with Crippen LogP contribution >= 0.6 is 0 Å². The Morgan fingerprint density at radius 1 is 1.40 bits per heavy atom. The van der Waals surface area contributed by atoms with Gasteiger partial charge in [-0.2, -0.15) is 0 Å². The lowest BCUT2D eigenvalue weighted by Crippen LogP contribution is -2.42. The molecule has 1 atom stereocenters. The summed E-state index contributed by atoms with van der Waals surface area (Å²) in [7, 11) is 0. The predicted octanol–water partition coefficient (Wildman–Crippen LogP) is 0.955. The Morgan fingerprint density at radius 2 is 2.30 bits per heavy atom. The van der Waals surface area contributed by atoms with E-state index in [0.29, 0.717) is 13.0 Å². The van der Waals surface area contributed by atoms with E-state index in [2.05, 4.69) is 26.7 Å². The first-order chi connectivity index (χ1) is 9.84. The monoisotopic (exact) mass is 270 g/mol. The van der Waals surface area contributed by atoms with E-state index in [1.165, 1.54) is 5.56 Å². The van der Waals surface area contributed by atoms with Crippen LogP contribution < -0.4 is 10.6 Å². The second-order valence-corrected chi connectivity index (χ2v) is 4.91. The first-order valence-electron chi connectivity index (χ1n) is 6.92. The van der Waals surface area contributed by atoms with Gasteiger partial charge in [-0.05, 0) is 17.5 Å². The molecule has 1 amide bonds. The Hall–Kier alpha value is -2.14. The van der Waals surface area contributed by atoms with Crippen molar-refractivity contribution in [3.8, 4) is 0 Å². The van der Waals surface area contributed by atoms with Gasteiger partial charge in [-0.15, -0.1) is 0 Å². The highest BCUT2D eigenvalue weighted by Gasteiger charge is 2.25. The number of rotatable bonds is 4. The lowest BCUT2D eigenvalue weighted by Gasteiger charge is -2.26. The fourth-order valence-electron chi connectivity index (χ4n) is 2.58. The highest BCUT2D eigenvalue weighted by Crippen LogP contribution is 2.22. The molecule has 1 aromatic heterocycles. The number of fused-ring (bicyclic) bond motifs is 1. The fourth-order valence-corrected chi connectivity index (χ4v) is 2.58. The summed E-state index contributed by atoms with van der Waals surface area (Å²) in [5, 5.41) is 6.25. The van der Waals surface area contributed by atoms with Crippen LogP contribution in [0.25, 0.3) is 0 Å². The summed E-state index contributed by atoms with van der Waals surface area (Å²) in [6, 6.07) is 7.89. The van der Waals surface area contributed by atoms with Crippen LogP contribution in [0.1, 0.15) is 23.0 Å². The molecule has 0 fully saturated rings. The lowest BCUT2D eigenvalue weighted by atomic mass is 9.94. The summed E-state index contributed by atoms with van der Waals surface area (Å²) < 4.78 is 0. The number of benzene rings is 1. The van der Waals surface area contributed by atoms with Crippen molar-refractivity contribution in [3.63, 3.8) is 0 Å². The van der Waals surface area contributed by atoms with Crippen molar-refractivity contribution in [3.05, 3.63) is 53.6 Å². The maximum Gasteiger partial charge on any atom is 0.241 e. The Bertz CT molecular complexity index is 579. The molecule has 0 bridgehead atoms. The Labute approximate surface area is 117 Å². The molecule has 5 heteroatoms. The fraction of sp³-hybridized carbons (Fsp3) is 0.333. The van der Waals surface area contributed by atoms with Gasteiger partial charge in [-0.1, -0.05) is 24.3 Å². The van der Waals surface area contributed by atoms with Crippen LogP contribution in [0.2, 0.25) is 0 Å². The van der Waals surface area contributed by atoms with Gasteiger partial charge >= 0.3 is 0 Å². The van der Waals surface area contributed by atoms with E-state index < -0.39 is 0 Å². The molecular weight excluding hydrogens is 252 g/mol. The number of carbonyl (C=O) groups is 1. The Morgan fingerprint density at radius 3 is 3.15 bits per heavy atom. The molecule has 2 heterocycles. The molecular formula is C15H18N4O. The van der Waals surface area contributed by atoms with Crippen LogP contribution in [0.3, 0.4) is 0 Å². The molecule has 104 valence electrons. The highest BCUT2D eigenvalue weighted by molar-refractivity contribution is 5.83. The quantitative estimate of drug-likeness (QED) is 0.775. The molecule has 0 saturated carbocycles. The summed E-state index contributed by atoms with van der Waals surface area (Å²) in [6.45, 7) is 1.43. The smallest absolute Gasteiger partial charge is 0.241 e. The number of hydrogen-bond acceptors (Lipinski definition) is 3. The van der Waals surface area contributed by atoms with Crippen LogP contribution in [0, 0.1) is 0 Å². The standard InChI is InChI=1S/C15H18N4O/c20-15(19-8-6-13-16-9-10-17-13)14-12-4-2-1-3-11(12)5-7-18-14/h1-4,9-10,14,18H,5-8H2,(H,16,17)(H,19,20). The van der Waals surface area contributed by atoms with Gasteiger partial charge in [0.25, 0.3) is 0 Å². The topological polar surface area (TPSA) is 69.8 Å². The van der Waals surface area contributed by atoms with Gasteiger partial charge in [0.1, 0.15) is 11.9 Å². The minimum Gasteiger partial charge on any atom is -0.354 e. The number of hydrogen-bond donors (Lipinski definition) is 3.